The van der Waals surface area contributed by atoms with Crippen LogP contribution in [-0.4, -0.2) is 46.1 Å². The zero-order valence-corrected chi connectivity index (χ0v) is 21.6. The molecule has 0 bridgehead atoms. The lowest BCUT2D eigenvalue weighted by molar-refractivity contribution is -0.536. The van der Waals surface area contributed by atoms with E-state index < -0.39 is 41.5 Å². The van der Waals surface area contributed by atoms with Gasteiger partial charge >= 0.3 is 5.97 Å². The van der Waals surface area contributed by atoms with Gasteiger partial charge in [0.25, 0.3) is 0 Å². The highest BCUT2D eigenvalue weighted by molar-refractivity contribution is 5.87. The summed E-state index contributed by atoms with van der Waals surface area (Å²) in [5.74, 6) is -2.19. The van der Waals surface area contributed by atoms with Crippen LogP contribution in [0.4, 0.5) is 0 Å². The molecule has 2 aromatic rings. The van der Waals surface area contributed by atoms with Gasteiger partial charge in [0.1, 0.15) is 11.6 Å². The van der Waals surface area contributed by atoms with E-state index >= 15 is 0 Å². The van der Waals surface area contributed by atoms with Gasteiger partial charge in [-0.3, -0.25) is 25.0 Å². The minimum absolute atomic E-state index is 0.0633. The second-order valence-electron chi connectivity index (χ2n) is 9.94. The molecule has 2 aromatic carbocycles. The third-order valence-corrected chi connectivity index (χ3v) is 7.40. The Bertz CT molecular complexity index is 1050. The molecular formula is C28H37N3O6. The number of nitrogens with one attached hydrogen (secondary N) is 2. The molecule has 0 saturated carbocycles. The molecule has 1 aliphatic heterocycles. The Morgan fingerprint density at radius 1 is 1.16 bits per heavy atom. The lowest BCUT2D eigenvalue weighted by Crippen LogP contribution is -2.60. The van der Waals surface area contributed by atoms with Gasteiger partial charge in [0.2, 0.25) is 11.9 Å². The standard InChI is InChI=1S/C28H37N3O6/c1-4-19(2)26(37-18-20-12-7-5-8-13-20)23-25(31(35)36)24(21-14-9-6-10-15-21)30-28(23,3)27(34)29-17-11-16-22(32)33/h5-10,12-15,19,23-26,30H,4,11,16-18H2,1-3H3,(H,29,34)(H,32,33)/t19-,23-,24-,25-,26?,28-/m0/s1. The van der Waals surface area contributed by atoms with Crippen molar-refractivity contribution in [3.05, 3.63) is 81.9 Å². The molecule has 9 nitrogen and oxygen atoms in total. The zero-order chi connectivity index (χ0) is 27.0. The minimum atomic E-state index is -1.33. The Balaban J connectivity index is 2.00. The van der Waals surface area contributed by atoms with Gasteiger partial charge in [-0.1, -0.05) is 80.9 Å². The van der Waals surface area contributed by atoms with Gasteiger partial charge < -0.3 is 15.2 Å². The molecule has 200 valence electrons. The minimum Gasteiger partial charge on any atom is -0.481 e. The average Bonchev–Trinajstić information content (AvgIpc) is 3.22. The number of carboxylic acids is 1. The summed E-state index contributed by atoms with van der Waals surface area (Å²) in [5.41, 5.74) is 0.341. The molecule has 0 aromatic heterocycles. The lowest BCUT2D eigenvalue weighted by atomic mass is 9.74. The van der Waals surface area contributed by atoms with Crippen molar-refractivity contribution in [1.82, 2.24) is 10.6 Å². The van der Waals surface area contributed by atoms with Gasteiger partial charge in [0, 0.05) is 17.9 Å². The maximum Gasteiger partial charge on any atom is 0.303 e. The van der Waals surface area contributed by atoms with E-state index in [9.17, 15) is 19.7 Å². The quantitative estimate of drug-likeness (QED) is 0.211. The molecule has 0 aliphatic carbocycles. The highest BCUT2D eigenvalue weighted by atomic mass is 16.6. The first kappa shape index (κ1) is 28.3. The molecule has 0 spiro atoms. The number of hydrogen-bond donors (Lipinski definition) is 3. The fraction of sp³-hybridized carbons (Fsp3) is 0.500. The number of nitro groups is 1. The van der Waals surface area contributed by atoms with Gasteiger partial charge in [0.15, 0.2) is 0 Å². The number of hydrogen-bond acceptors (Lipinski definition) is 6. The van der Waals surface area contributed by atoms with E-state index in [2.05, 4.69) is 10.6 Å². The van der Waals surface area contributed by atoms with Crippen molar-refractivity contribution in [3.63, 3.8) is 0 Å². The fourth-order valence-electron chi connectivity index (χ4n) is 5.23. The number of rotatable bonds is 13. The average molecular weight is 512 g/mol. The van der Waals surface area contributed by atoms with Crippen molar-refractivity contribution < 1.29 is 24.4 Å². The maximum atomic E-state index is 13.7. The van der Waals surface area contributed by atoms with Crippen molar-refractivity contribution in [2.75, 3.05) is 6.54 Å². The summed E-state index contributed by atoms with van der Waals surface area (Å²) < 4.78 is 6.43. The Morgan fingerprint density at radius 3 is 2.35 bits per heavy atom. The molecule has 6 atom stereocenters. The highest BCUT2D eigenvalue weighted by Crippen LogP contribution is 2.45. The van der Waals surface area contributed by atoms with Crippen LogP contribution in [0.5, 0.6) is 0 Å². The molecular weight excluding hydrogens is 474 g/mol. The molecule has 37 heavy (non-hydrogen) atoms. The Labute approximate surface area is 217 Å². The monoisotopic (exact) mass is 511 g/mol. The first-order chi connectivity index (χ1) is 17.7. The summed E-state index contributed by atoms with van der Waals surface area (Å²) in [6.45, 7) is 6.12. The van der Waals surface area contributed by atoms with Gasteiger partial charge in [-0.2, -0.15) is 0 Å². The predicted molar refractivity (Wildman–Crippen MR) is 139 cm³/mol. The summed E-state index contributed by atoms with van der Waals surface area (Å²) >= 11 is 0. The molecule has 1 amide bonds. The molecule has 1 unspecified atom stereocenters. The summed E-state index contributed by atoms with van der Waals surface area (Å²) in [7, 11) is 0. The van der Waals surface area contributed by atoms with Crippen LogP contribution in [0.2, 0.25) is 0 Å². The van der Waals surface area contributed by atoms with Crippen LogP contribution in [0.25, 0.3) is 0 Å². The van der Waals surface area contributed by atoms with Gasteiger partial charge in [0.05, 0.1) is 18.6 Å². The van der Waals surface area contributed by atoms with Crippen LogP contribution in [0, 0.1) is 22.0 Å². The maximum absolute atomic E-state index is 13.7. The topological polar surface area (TPSA) is 131 Å². The number of amides is 1. The van der Waals surface area contributed by atoms with Crippen LogP contribution in [0.3, 0.4) is 0 Å². The van der Waals surface area contributed by atoms with Gasteiger partial charge in [-0.15, -0.1) is 0 Å². The zero-order valence-electron chi connectivity index (χ0n) is 21.6. The Morgan fingerprint density at radius 2 is 1.78 bits per heavy atom. The molecule has 1 fully saturated rings. The second kappa shape index (κ2) is 12.8. The number of carbonyl (C=O) groups is 2. The molecule has 1 aliphatic rings. The molecule has 0 radical (unpaired) electrons. The number of carboxylic acid groups (broad SMARTS) is 1. The van der Waals surface area contributed by atoms with E-state index in [4.69, 9.17) is 9.84 Å². The predicted octanol–water partition coefficient (Wildman–Crippen LogP) is 3.96. The number of nitrogens with zero attached hydrogens (tertiary/aromatic N) is 1. The molecule has 1 heterocycles. The first-order valence-corrected chi connectivity index (χ1v) is 12.8. The van der Waals surface area contributed by atoms with Crippen molar-refractivity contribution in [2.45, 2.75) is 70.4 Å². The van der Waals surface area contributed by atoms with Crippen molar-refractivity contribution in [2.24, 2.45) is 11.8 Å². The third kappa shape index (κ3) is 6.72. The normalized spacial score (nSPS) is 24.8. The van der Waals surface area contributed by atoms with E-state index in [-0.39, 0.29) is 36.8 Å². The van der Waals surface area contributed by atoms with Crippen molar-refractivity contribution in [1.29, 1.82) is 0 Å². The fourth-order valence-corrected chi connectivity index (χ4v) is 5.23. The Kier molecular flexibility index (Phi) is 9.77. The summed E-state index contributed by atoms with van der Waals surface area (Å²) in [4.78, 5) is 36.9. The van der Waals surface area contributed by atoms with Crippen molar-refractivity contribution in [3.8, 4) is 0 Å². The van der Waals surface area contributed by atoms with Crippen LogP contribution in [-0.2, 0) is 20.9 Å². The molecule has 1 saturated heterocycles. The molecule has 3 N–H and O–H groups in total. The number of carbonyl (C=O) groups excluding carboxylic acids is 1. The van der Waals surface area contributed by atoms with E-state index in [1.807, 2.05) is 74.5 Å². The van der Waals surface area contributed by atoms with Crippen LogP contribution in [0.1, 0.15) is 57.2 Å². The smallest absolute Gasteiger partial charge is 0.303 e. The second-order valence-corrected chi connectivity index (χ2v) is 9.94. The van der Waals surface area contributed by atoms with Crippen LogP contribution >= 0.6 is 0 Å². The van der Waals surface area contributed by atoms with Crippen LogP contribution < -0.4 is 10.6 Å². The van der Waals surface area contributed by atoms with E-state index in [1.165, 1.54) is 0 Å². The summed E-state index contributed by atoms with van der Waals surface area (Å²) in [5, 5.41) is 27.7. The van der Waals surface area contributed by atoms with Gasteiger partial charge in [-0.05, 0) is 30.4 Å². The number of aliphatic carboxylic acids is 1. The third-order valence-electron chi connectivity index (χ3n) is 7.40. The van der Waals surface area contributed by atoms with E-state index in [1.54, 1.807) is 6.92 Å². The molecule has 3 rings (SSSR count). The highest BCUT2D eigenvalue weighted by Gasteiger charge is 2.64. The van der Waals surface area contributed by atoms with Crippen LogP contribution in [0.15, 0.2) is 60.7 Å². The summed E-state index contributed by atoms with van der Waals surface area (Å²) in [6.07, 6.45) is 0.319. The lowest BCUT2D eigenvalue weighted by Gasteiger charge is -2.37. The number of benzene rings is 2. The largest absolute Gasteiger partial charge is 0.481 e. The molecule has 9 heteroatoms. The van der Waals surface area contributed by atoms with Gasteiger partial charge in [-0.25, -0.2) is 0 Å². The first-order valence-electron chi connectivity index (χ1n) is 12.8. The Hall–Kier alpha value is -3.30. The SMILES string of the molecule is CC[C@H](C)C(OCc1ccccc1)[C@@H]1[C@H]([N+](=O)[O-])[C@H](c2ccccc2)N[C@]1(C)C(=O)NCCCC(=O)O. The van der Waals surface area contributed by atoms with E-state index in [0.29, 0.717) is 6.42 Å². The summed E-state index contributed by atoms with van der Waals surface area (Å²) in [6, 6.07) is 16.9. The van der Waals surface area contributed by atoms with Crippen molar-refractivity contribution >= 4 is 11.9 Å². The van der Waals surface area contributed by atoms with E-state index in [0.717, 1.165) is 11.1 Å². The number of ether oxygens (including phenoxy) is 1.